The Balaban J connectivity index is 2.49. The molecule has 0 aliphatic carbocycles. The molecule has 0 amide bonds. The predicted octanol–water partition coefficient (Wildman–Crippen LogP) is 1.52. The molecule has 2 nitrogen and oxygen atoms in total. The second kappa shape index (κ2) is 3.58. The summed E-state index contributed by atoms with van der Waals surface area (Å²) in [5.74, 6) is 0. The van der Waals surface area contributed by atoms with Crippen molar-refractivity contribution in [2.45, 2.75) is 6.42 Å². The highest BCUT2D eigenvalue weighted by Gasteiger charge is 1.97. The quantitative estimate of drug-likeness (QED) is 0.722. The molecular formula is C7H11NOS. The lowest BCUT2D eigenvalue weighted by atomic mass is 10.3. The van der Waals surface area contributed by atoms with Crippen LogP contribution in [0.15, 0.2) is 11.4 Å². The summed E-state index contributed by atoms with van der Waals surface area (Å²) < 4.78 is 4.92. The number of nitrogens with two attached hydrogens (primary N) is 1. The zero-order chi connectivity index (χ0) is 7.40. The van der Waals surface area contributed by atoms with Crippen molar-refractivity contribution < 1.29 is 4.74 Å². The third-order valence-electron chi connectivity index (χ3n) is 1.31. The first-order chi connectivity index (χ1) is 4.84. The molecule has 1 aromatic heterocycles. The molecule has 2 N–H and O–H groups in total. The molecule has 0 aromatic carbocycles. The number of methoxy groups -OCH3 is 1. The zero-order valence-electron chi connectivity index (χ0n) is 5.96. The highest BCUT2D eigenvalue weighted by Crippen LogP contribution is 2.18. The van der Waals surface area contributed by atoms with Gasteiger partial charge in [0.2, 0.25) is 0 Å². The van der Waals surface area contributed by atoms with Gasteiger partial charge in [-0.05, 0) is 11.4 Å². The molecule has 10 heavy (non-hydrogen) atoms. The third kappa shape index (κ3) is 1.72. The van der Waals surface area contributed by atoms with Gasteiger partial charge in [-0.2, -0.15) is 0 Å². The highest BCUT2D eigenvalue weighted by atomic mass is 32.1. The molecule has 3 heteroatoms. The Labute approximate surface area is 64.6 Å². The van der Waals surface area contributed by atoms with E-state index in [1.54, 1.807) is 18.4 Å². The first-order valence-electron chi connectivity index (χ1n) is 3.15. The Kier molecular flexibility index (Phi) is 2.71. The summed E-state index contributed by atoms with van der Waals surface area (Å²) in [5.41, 5.74) is 6.53. The Morgan fingerprint density at radius 3 is 3.00 bits per heavy atom. The van der Waals surface area contributed by atoms with E-state index in [0.717, 1.165) is 18.7 Å². The third-order valence-corrected chi connectivity index (χ3v) is 2.31. The van der Waals surface area contributed by atoms with Gasteiger partial charge in [-0.1, -0.05) is 0 Å². The lowest BCUT2D eigenvalue weighted by Gasteiger charge is -1.96. The van der Waals surface area contributed by atoms with Crippen LogP contribution in [0.4, 0.5) is 5.69 Å². The van der Waals surface area contributed by atoms with E-state index in [-0.39, 0.29) is 0 Å². The van der Waals surface area contributed by atoms with Gasteiger partial charge in [-0.15, -0.1) is 11.3 Å². The largest absolute Gasteiger partial charge is 0.398 e. The molecule has 56 valence electrons. The van der Waals surface area contributed by atoms with E-state index in [1.165, 1.54) is 4.88 Å². The summed E-state index contributed by atoms with van der Waals surface area (Å²) >= 11 is 1.68. The first-order valence-corrected chi connectivity index (χ1v) is 4.03. The molecule has 0 saturated heterocycles. The second-order valence-electron chi connectivity index (χ2n) is 2.04. The Hall–Kier alpha value is -0.540. The van der Waals surface area contributed by atoms with Crippen molar-refractivity contribution in [2.24, 2.45) is 0 Å². The fourth-order valence-electron chi connectivity index (χ4n) is 0.748. The van der Waals surface area contributed by atoms with Crippen LogP contribution in [-0.2, 0) is 11.2 Å². The van der Waals surface area contributed by atoms with Crippen LogP contribution in [0.3, 0.4) is 0 Å². The van der Waals surface area contributed by atoms with E-state index >= 15 is 0 Å². The van der Waals surface area contributed by atoms with Crippen LogP contribution in [-0.4, -0.2) is 13.7 Å². The minimum atomic E-state index is 0.755. The molecule has 1 aromatic rings. The van der Waals surface area contributed by atoms with Crippen molar-refractivity contribution in [1.82, 2.24) is 0 Å². The van der Waals surface area contributed by atoms with Crippen molar-refractivity contribution in [1.29, 1.82) is 0 Å². The van der Waals surface area contributed by atoms with Crippen molar-refractivity contribution >= 4 is 17.0 Å². The number of thiophene rings is 1. The topological polar surface area (TPSA) is 35.2 Å². The molecule has 0 aliphatic heterocycles. The normalized spacial score (nSPS) is 10.1. The van der Waals surface area contributed by atoms with Gasteiger partial charge in [-0.25, -0.2) is 0 Å². The molecule has 0 saturated carbocycles. The van der Waals surface area contributed by atoms with Crippen LogP contribution in [0.2, 0.25) is 0 Å². The molecule has 0 spiro atoms. The SMILES string of the molecule is COCCc1sccc1N. The van der Waals surface area contributed by atoms with E-state index in [2.05, 4.69) is 0 Å². The fraction of sp³-hybridized carbons (Fsp3) is 0.429. The van der Waals surface area contributed by atoms with Crippen LogP contribution in [0.25, 0.3) is 0 Å². The Morgan fingerprint density at radius 2 is 2.50 bits per heavy atom. The summed E-state index contributed by atoms with van der Waals surface area (Å²) in [6, 6.07) is 1.93. The summed E-state index contributed by atoms with van der Waals surface area (Å²) in [6.45, 7) is 0.755. The van der Waals surface area contributed by atoms with E-state index in [9.17, 15) is 0 Å². The number of ether oxygens (including phenoxy) is 1. The van der Waals surface area contributed by atoms with E-state index in [0.29, 0.717) is 0 Å². The van der Waals surface area contributed by atoms with Crippen molar-refractivity contribution in [3.05, 3.63) is 16.3 Å². The van der Waals surface area contributed by atoms with Crippen LogP contribution in [0.1, 0.15) is 4.88 Å². The van der Waals surface area contributed by atoms with Gasteiger partial charge in [-0.3, -0.25) is 0 Å². The fourth-order valence-corrected chi connectivity index (χ4v) is 1.53. The number of nitrogen functional groups attached to an aromatic ring is 1. The summed E-state index contributed by atoms with van der Waals surface area (Å²) in [7, 11) is 1.70. The summed E-state index contributed by atoms with van der Waals surface area (Å²) in [5, 5.41) is 2.00. The van der Waals surface area contributed by atoms with Crippen LogP contribution >= 0.6 is 11.3 Å². The summed E-state index contributed by atoms with van der Waals surface area (Å²) in [4.78, 5) is 1.22. The highest BCUT2D eigenvalue weighted by molar-refractivity contribution is 7.10. The molecule has 0 radical (unpaired) electrons. The zero-order valence-corrected chi connectivity index (χ0v) is 6.78. The number of rotatable bonds is 3. The van der Waals surface area contributed by atoms with E-state index < -0.39 is 0 Å². The van der Waals surface area contributed by atoms with Gasteiger partial charge in [0.15, 0.2) is 0 Å². The van der Waals surface area contributed by atoms with Crippen LogP contribution in [0.5, 0.6) is 0 Å². The Bertz CT molecular complexity index is 197. The molecular weight excluding hydrogens is 146 g/mol. The minimum absolute atomic E-state index is 0.755. The average Bonchev–Trinajstić information content (AvgIpc) is 2.31. The van der Waals surface area contributed by atoms with Gasteiger partial charge in [0.05, 0.1) is 6.61 Å². The molecule has 0 atom stereocenters. The molecule has 1 rings (SSSR count). The van der Waals surface area contributed by atoms with Crippen LogP contribution in [0, 0.1) is 0 Å². The second-order valence-corrected chi connectivity index (χ2v) is 3.04. The summed E-state index contributed by atoms with van der Waals surface area (Å²) in [6.07, 6.45) is 0.931. The number of hydrogen-bond acceptors (Lipinski definition) is 3. The van der Waals surface area contributed by atoms with Gasteiger partial charge in [0, 0.05) is 24.1 Å². The van der Waals surface area contributed by atoms with Gasteiger partial charge >= 0.3 is 0 Å². The maximum Gasteiger partial charge on any atom is 0.0511 e. The number of anilines is 1. The molecule has 0 aliphatic rings. The predicted molar refractivity (Wildman–Crippen MR) is 44.3 cm³/mol. The lowest BCUT2D eigenvalue weighted by molar-refractivity contribution is 0.203. The molecule has 0 fully saturated rings. The molecule has 0 bridgehead atoms. The molecule has 1 heterocycles. The minimum Gasteiger partial charge on any atom is -0.398 e. The first kappa shape index (κ1) is 7.57. The maximum atomic E-state index is 5.64. The monoisotopic (exact) mass is 157 g/mol. The van der Waals surface area contributed by atoms with Crippen molar-refractivity contribution in [2.75, 3.05) is 19.5 Å². The van der Waals surface area contributed by atoms with Crippen molar-refractivity contribution in [3.63, 3.8) is 0 Å². The Morgan fingerprint density at radius 1 is 1.70 bits per heavy atom. The van der Waals surface area contributed by atoms with Gasteiger partial charge in [0.1, 0.15) is 0 Å². The van der Waals surface area contributed by atoms with Crippen LogP contribution < -0.4 is 5.73 Å². The van der Waals surface area contributed by atoms with Gasteiger partial charge < -0.3 is 10.5 Å². The maximum absolute atomic E-state index is 5.64. The van der Waals surface area contributed by atoms with Crippen molar-refractivity contribution in [3.8, 4) is 0 Å². The van der Waals surface area contributed by atoms with Gasteiger partial charge in [0.25, 0.3) is 0 Å². The average molecular weight is 157 g/mol. The standard InChI is InChI=1S/C7H11NOS/c1-9-4-2-7-6(8)3-5-10-7/h3,5H,2,4,8H2,1H3. The number of hydrogen-bond donors (Lipinski definition) is 1. The smallest absolute Gasteiger partial charge is 0.0511 e. The lowest BCUT2D eigenvalue weighted by Crippen LogP contribution is -1.94. The van der Waals surface area contributed by atoms with E-state index in [1.807, 2.05) is 11.4 Å². The van der Waals surface area contributed by atoms with E-state index in [4.69, 9.17) is 10.5 Å². The molecule has 0 unspecified atom stereocenters.